The number of methoxy groups -OCH3 is 1. The molecule has 104 valence electrons. The molecule has 0 aromatic heterocycles. The van der Waals surface area contributed by atoms with Crippen LogP contribution in [-0.4, -0.2) is 18.6 Å². The van der Waals surface area contributed by atoms with E-state index in [1.54, 1.807) is 0 Å². The van der Waals surface area contributed by atoms with Crippen molar-refractivity contribution < 1.29 is 9.53 Å². The largest absolute Gasteiger partial charge is 0.467 e. The van der Waals surface area contributed by atoms with E-state index >= 15 is 0 Å². The normalized spacial score (nSPS) is 25.8. The van der Waals surface area contributed by atoms with Gasteiger partial charge in [0.05, 0.1) is 7.11 Å². The maximum Gasteiger partial charge on any atom is 0.331 e. The molecule has 3 nitrogen and oxygen atoms in total. The predicted molar refractivity (Wildman–Crippen MR) is 77.1 cm³/mol. The standard InChI is InChI=1S/C16H23NO2/c1-11(2)13-9-16(10-13,15(18)19-4)17-14-7-5-6-12(3)8-14/h5-8,11,13,17H,9-10H2,1-4H3. The lowest BCUT2D eigenvalue weighted by molar-refractivity contribution is -0.151. The summed E-state index contributed by atoms with van der Waals surface area (Å²) in [7, 11) is 1.46. The van der Waals surface area contributed by atoms with E-state index in [0.717, 1.165) is 18.5 Å². The molecule has 1 aromatic rings. The number of ether oxygens (including phenoxy) is 1. The Labute approximate surface area is 115 Å². The van der Waals surface area contributed by atoms with E-state index in [9.17, 15) is 4.79 Å². The van der Waals surface area contributed by atoms with Gasteiger partial charge < -0.3 is 10.1 Å². The molecule has 0 bridgehead atoms. The summed E-state index contributed by atoms with van der Waals surface area (Å²) in [4.78, 5) is 12.1. The first kappa shape index (κ1) is 13.9. The third-order valence-corrected chi connectivity index (χ3v) is 4.14. The lowest BCUT2D eigenvalue weighted by Crippen LogP contribution is -2.58. The third kappa shape index (κ3) is 2.75. The molecular formula is C16H23NO2. The highest BCUT2D eigenvalue weighted by Gasteiger charge is 2.51. The van der Waals surface area contributed by atoms with Gasteiger partial charge in [-0.2, -0.15) is 0 Å². The second-order valence-electron chi connectivity index (χ2n) is 5.98. The fraction of sp³-hybridized carbons (Fsp3) is 0.562. The molecule has 0 amide bonds. The monoisotopic (exact) mass is 261 g/mol. The molecule has 0 unspecified atom stereocenters. The van der Waals surface area contributed by atoms with E-state index < -0.39 is 5.54 Å². The Balaban J connectivity index is 2.15. The summed E-state index contributed by atoms with van der Waals surface area (Å²) in [6.07, 6.45) is 1.70. The van der Waals surface area contributed by atoms with Crippen molar-refractivity contribution in [2.24, 2.45) is 11.8 Å². The number of anilines is 1. The number of aryl methyl sites for hydroxylation is 1. The van der Waals surface area contributed by atoms with Gasteiger partial charge >= 0.3 is 5.97 Å². The van der Waals surface area contributed by atoms with Gasteiger partial charge in [0.25, 0.3) is 0 Å². The van der Waals surface area contributed by atoms with Gasteiger partial charge in [-0.05, 0) is 49.3 Å². The minimum absolute atomic E-state index is 0.147. The minimum atomic E-state index is -0.530. The Morgan fingerprint density at radius 2 is 2.11 bits per heavy atom. The van der Waals surface area contributed by atoms with E-state index in [1.807, 2.05) is 25.1 Å². The summed E-state index contributed by atoms with van der Waals surface area (Å²) in [5.41, 5.74) is 1.65. The molecule has 2 rings (SSSR count). The molecule has 1 aliphatic carbocycles. The van der Waals surface area contributed by atoms with Crippen LogP contribution in [0.3, 0.4) is 0 Å². The van der Waals surface area contributed by atoms with Gasteiger partial charge in [0, 0.05) is 5.69 Å². The summed E-state index contributed by atoms with van der Waals surface area (Å²) in [6, 6.07) is 8.11. The van der Waals surface area contributed by atoms with Crippen molar-refractivity contribution in [3.63, 3.8) is 0 Å². The van der Waals surface area contributed by atoms with Crippen LogP contribution >= 0.6 is 0 Å². The molecule has 0 atom stereocenters. The number of esters is 1. The Kier molecular flexibility index (Phi) is 3.83. The number of benzene rings is 1. The van der Waals surface area contributed by atoms with Crippen LogP contribution in [0.2, 0.25) is 0 Å². The first-order valence-corrected chi connectivity index (χ1v) is 6.90. The van der Waals surface area contributed by atoms with Crippen LogP contribution < -0.4 is 5.32 Å². The topological polar surface area (TPSA) is 38.3 Å². The number of hydrogen-bond acceptors (Lipinski definition) is 3. The van der Waals surface area contributed by atoms with Crippen LogP contribution in [0.4, 0.5) is 5.69 Å². The first-order valence-electron chi connectivity index (χ1n) is 6.90. The summed E-state index contributed by atoms with van der Waals surface area (Å²) < 4.78 is 4.99. The molecule has 0 radical (unpaired) electrons. The second-order valence-corrected chi connectivity index (χ2v) is 5.98. The quantitative estimate of drug-likeness (QED) is 0.844. The van der Waals surface area contributed by atoms with Gasteiger partial charge in [0.15, 0.2) is 0 Å². The van der Waals surface area contributed by atoms with Crippen molar-refractivity contribution in [1.82, 2.24) is 0 Å². The molecule has 0 spiro atoms. The average Bonchev–Trinajstić information content (AvgIpc) is 2.32. The fourth-order valence-electron chi connectivity index (χ4n) is 2.82. The molecule has 1 fully saturated rings. The Hall–Kier alpha value is -1.51. The van der Waals surface area contributed by atoms with E-state index in [4.69, 9.17) is 4.74 Å². The fourth-order valence-corrected chi connectivity index (χ4v) is 2.82. The highest BCUT2D eigenvalue weighted by Crippen LogP contribution is 2.45. The van der Waals surface area contributed by atoms with Gasteiger partial charge in [0.1, 0.15) is 5.54 Å². The highest BCUT2D eigenvalue weighted by molar-refractivity contribution is 5.86. The van der Waals surface area contributed by atoms with Gasteiger partial charge in [-0.3, -0.25) is 0 Å². The van der Waals surface area contributed by atoms with Crippen LogP contribution in [0.1, 0.15) is 32.3 Å². The van der Waals surface area contributed by atoms with Crippen molar-refractivity contribution in [3.8, 4) is 0 Å². The van der Waals surface area contributed by atoms with Gasteiger partial charge in [-0.15, -0.1) is 0 Å². The lowest BCUT2D eigenvalue weighted by atomic mass is 9.64. The van der Waals surface area contributed by atoms with Crippen LogP contribution in [0.25, 0.3) is 0 Å². The zero-order valence-electron chi connectivity index (χ0n) is 12.2. The van der Waals surface area contributed by atoms with Crippen LogP contribution in [0, 0.1) is 18.8 Å². The van der Waals surface area contributed by atoms with Gasteiger partial charge in [-0.25, -0.2) is 4.79 Å². The number of carbonyl (C=O) groups is 1. The van der Waals surface area contributed by atoms with E-state index in [1.165, 1.54) is 12.7 Å². The highest BCUT2D eigenvalue weighted by atomic mass is 16.5. The molecular weight excluding hydrogens is 238 g/mol. The van der Waals surface area contributed by atoms with Crippen LogP contribution in [0.15, 0.2) is 24.3 Å². The van der Waals surface area contributed by atoms with Crippen molar-refractivity contribution in [1.29, 1.82) is 0 Å². The van der Waals surface area contributed by atoms with Crippen molar-refractivity contribution in [2.45, 2.75) is 39.2 Å². The average molecular weight is 261 g/mol. The summed E-state index contributed by atoms with van der Waals surface area (Å²) >= 11 is 0. The Morgan fingerprint density at radius 3 is 2.63 bits per heavy atom. The molecule has 0 aliphatic heterocycles. The van der Waals surface area contributed by atoms with E-state index in [-0.39, 0.29) is 5.97 Å². The Bertz CT molecular complexity index is 462. The summed E-state index contributed by atoms with van der Waals surface area (Å²) in [5, 5.41) is 3.39. The van der Waals surface area contributed by atoms with Gasteiger partial charge in [0.2, 0.25) is 0 Å². The third-order valence-electron chi connectivity index (χ3n) is 4.14. The SMILES string of the molecule is COC(=O)C1(Nc2cccc(C)c2)CC(C(C)C)C1. The van der Waals surface area contributed by atoms with Gasteiger partial charge in [-0.1, -0.05) is 26.0 Å². The maximum absolute atomic E-state index is 12.1. The number of hydrogen-bond donors (Lipinski definition) is 1. The minimum Gasteiger partial charge on any atom is -0.467 e. The molecule has 1 N–H and O–H groups in total. The van der Waals surface area contributed by atoms with Crippen LogP contribution in [0.5, 0.6) is 0 Å². The zero-order valence-corrected chi connectivity index (χ0v) is 12.2. The molecule has 19 heavy (non-hydrogen) atoms. The summed E-state index contributed by atoms with van der Waals surface area (Å²) in [6.45, 7) is 6.46. The number of carbonyl (C=O) groups excluding carboxylic acids is 1. The van der Waals surface area contributed by atoms with Crippen molar-refractivity contribution in [2.75, 3.05) is 12.4 Å². The lowest BCUT2D eigenvalue weighted by Gasteiger charge is -2.48. The smallest absolute Gasteiger partial charge is 0.331 e. The molecule has 1 aliphatic rings. The number of rotatable bonds is 4. The predicted octanol–water partition coefficient (Wildman–Crippen LogP) is 3.38. The molecule has 3 heteroatoms. The second kappa shape index (κ2) is 5.24. The Morgan fingerprint density at radius 1 is 1.42 bits per heavy atom. The van der Waals surface area contributed by atoms with Crippen molar-refractivity contribution >= 4 is 11.7 Å². The molecule has 1 aromatic carbocycles. The number of nitrogens with one attached hydrogen (secondary N) is 1. The molecule has 0 saturated heterocycles. The van der Waals surface area contributed by atoms with Crippen molar-refractivity contribution in [3.05, 3.63) is 29.8 Å². The first-order chi connectivity index (χ1) is 8.97. The van der Waals surface area contributed by atoms with Crippen LogP contribution in [-0.2, 0) is 9.53 Å². The zero-order chi connectivity index (χ0) is 14.0. The van der Waals surface area contributed by atoms with E-state index in [0.29, 0.717) is 11.8 Å². The summed E-state index contributed by atoms with van der Waals surface area (Å²) in [5.74, 6) is 1.06. The molecule has 1 saturated carbocycles. The maximum atomic E-state index is 12.1. The molecule has 0 heterocycles. The van der Waals surface area contributed by atoms with E-state index in [2.05, 4.69) is 25.2 Å².